The molecule has 6 nitrogen and oxygen atoms in total. The van der Waals surface area contributed by atoms with Gasteiger partial charge in [0.15, 0.2) is 11.6 Å². The molecule has 0 radical (unpaired) electrons. The van der Waals surface area contributed by atoms with E-state index >= 15 is 0 Å². The van der Waals surface area contributed by atoms with Crippen LogP contribution in [0.3, 0.4) is 0 Å². The van der Waals surface area contributed by atoms with E-state index in [1.54, 1.807) is 0 Å². The van der Waals surface area contributed by atoms with Crippen LogP contribution in [0.15, 0.2) is 179 Å². The second-order valence-electron chi connectivity index (χ2n) is 18.0. The number of anilines is 3. The standard InChI is InChI=1S/C57H40N4O2/c1-56(2)43-21-9-5-15-35(43)37-29-28-34(32-45(37)56)61(46-23-14-26-50-51(46)40-18-8-12-25-48(40)63-50)55-59-53(33-27-30-49-42(31-33)38-17-7-11-24-47(38)62-49)58-54(60-55)41-20-13-19-39-36-16-6-10-22-44(36)57(3,4)52(39)41/h5-32H,1-4H3. The fourth-order valence-corrected chi connectivity index (χ4v) is 10.7. The molecule has 0 atom stereocenters. The molecule has 13 rings (SSSR count). The minimum absolute atomic E-state index is 0.231. The van der Waals surface area contributed by atoms with Crippen molar-refractivity contribution in [2.45, 2.75) is 38.5 Å². The van der Waals surface area contributed by atoms with Gasteiger partial charge in [-0.2, -0.15) is 9.97 Å². The van der Waals surface area contributed by atoms with Gasteiger partial charge >= 0.3 is 0 Å². The Kier molecular flexibility index (Phi) is 7.32. The van der Waals surface area contributed by atoms with Gasteiger partial charge in [0.05, 0.1) is 11.1 Å². The summed E-state index contributed by atoms with van der Waals surface area (Å²) in [4.78, 5) is 18.7. The molecule has 0 spiro atoms. The van der Waals surface area contributed by atoms with Crippen LogP contribution in [0.25, 0.3) is 88.9 Å². The van der Waals surface area contributed by atoms with Gasteiger partial charge in [0, 0.05) is 43.8 Å². The SMILES string of the molecule is CC1(C)c2ccccc2-c2ccc(N(c3nc(-c4ccc5oc6ccccc6c5c4)nc(-c4cccc5c4C(C)(C)c4ccccc4-5)n3)c3cccc4oc5ccccc5c34)cc21. The van der Waals surface area contributed by atoms with Crippen LogP contribution in [0.2, 0.25) is 0 Å². The molecule has 6 heteroatoms. The van der Waals surface area contributed by atoms with Gasteiger partial charge in [-0.25, -0.2) is 4.98 Å². The highest BCUT2D eigenvalue weighted by Crippen LogP contribution is 2.54. The molecule has 63 heavy (non-hydrogen) atoms. The maximum Gasteiger partial charge on any atom is 0.238 e. The predicted molar refractivity (Wildman–Crippen MR) is 255 cm³/mol. The Hall–Kier alpha value is -7.83. The molecule has 300 valence electrons. The number of para-hydroxylation sites is 2. The smallest absolute Gasteiger partial charge is 0.238 e. The molecule has 0 aliphatic heterocycles. The molecular weight excluding hydrogens is 773 g/mol. The van der Waals surface area contributed by atoms with Crippen LogP contribution in [0.1, 0.15) is 49.9 Å². The van der Waals surface area contributed by atoms with E-state index in [0.29, 0.717) is 17.6 Å². The summed E-state index contributed by atoms with van der Waals surface area (Å²) in [6, 6.07) is 59.8. The first-order chi connectivity index (χ1) is 30.7. The summed E-state index contributed by atoms with van der Waals surface area (Å²) in [5.41, 5.74) is 16.5. The molecule has 0 fully saturated rings. The highest BCUT2D eigenvalue weighted by Gasteiger charge is 2.39. The Morgan fingerprint density at radius 3 is 1.83 bits per heavy atom. The molecule has 0 unspecified atom stereocenters. The number of hydrogen-bond acceptors (Lipinski definition) is 6. The van der Waals surface area contributed by atoms with Crippen LogP contribution in [0.4, 0.5) is 17.3 Å². The van der Waals surface area contributed by atoms with Gasteiger partial charge in [0.1, 0.15) is 22.3 Å². The summed E-state index contributed by atoms with van der Waals surface area (Å²) in [6.45, 7) is 9.26. The number of furan rings is 2. The highest BCUT2D eigenvalue weighted by molar-refractivity contribution is 6.13. The lowest BCUT2D eigenvalue weighted by Crippen LogP contribution is -2.19. The zero-order chi connectivity index (χ0) is 42.2. The largest absolute Gasteiger partial charge is 0.456 e. The maximum absolute atomic E-state index is 6.53. The van der Waals surface area contributed by atoms with Crippen LogP contribution in [-0.4, -0.2) is 15.0 Å². The Morgan fingerprint density at radius 1 is 0.413 bits per heavy atom. The van der Waals surface area contributed by atoms with Gasteiger partial charge in [-0.05, 0) is 99.1 Å². The normalized spacial score (nSPS) is 14.3. The molecule has 3 aromatic heterocycles. The number of fused-ring (bicyclic) bond motifs is 12. The van der Waals surface area contributed by atoms with Crippen molar-refractivity contribution in [1.29, 1.82) is 0 Å². The molecule has 2 aliphatic carbocycles. The first-order valence-corrected chi connectivity index (χ1v) is 21.6. The van der Waals surface area contributed by atoms with Gasteiger partial charge in [-0.3, -0.25) is 4.90 Å². The second kappa shape index (κ2) is 12.8. The topological polar surface area (TPSA) is 68.2 Å². The van der Waals surface area contributed by atoms with E-state index in [1.165, 1.54) is 44.5 Å². The average Bonchev–Trinajstić information content (AvgIpc) is 4.02. The van der Waals surface area contributed by atoms with Crippen molar-refractivity contribution in [3.63, 3.8) is 0 Å². The van der Waals surface area contributed by atoms with Gasteiger partial charge in [0.25, 0.3) is 0 Å². The molecule has 3 heterocycles. The third-order valence-electron chi connectivity index (χ3n) is 13.7. The zero-order valence-corrected chi connectivity index (χ0v) is 35.3. The predicted octanol–water partition coefficient (Wildman–Crippen LogP) is 15.1. The van der Waals surface area contributed by atoms with Crippen LogP contribution >= 0.6 is 0 Å². The summed E-state index contributed by atoms with van der Waals surface area (Å²) in [6.07, 6.45) is 0. The van der Waals surface area contributed by atoms with Crippen molar-refractivity contribution in [3.8, 4) is 45.0 Å². The van der Waals surface area contributed by atoms with Gasteiger partial charge in [-0.15, -0.1) is 0 Å². The van der Waals surface area contributed by atoms with E-state index < -0.39 is 0 Å². The van der Waals surface area contributed by atoms with E-state index in [2.05, 4.69) is 160 Å². The molecular formula is C57H40N4O2. The van der Waals surface area contributed by atoms with Crippen molar-refractivity contribution in [2.75, 3.05) is 4.90 Å². The summed E-state index contributed by atoms with van der Waals surface area (Å²) >= 11 is 0. The summed E-state index contributed by atoms with van der Waals surface area (Å²) in [5.74, 6) is 1.67. The monoisotopic (exact) mass is 812 g/mol. The quantitative estimate of drug-likeness (QED) is 0.172. The first kappa shape index (κ1) is 35.9. The first-order valence-electron chi connectivity index (χ1n) is 21.6. The number of aromatic nitrogens is 3. The summed E-state index contributed by atoms with van der Waals surface area (Å²) in [7, 11) is 0. The van der Waals surface area contributed by atoms with E-state index in [9.17, 15) is 0 Å². The van der Waals surface area contributed by atoms with Crippen molar-refractivity contribution in [3.05, 3.63) is 192 Å². The third kappa shape index (κ3) is 5.09. The Balaban J connectivity index is 1.11. The molecule has 0 amide bonds. The third-order valence-corrected chi connectivity index (χ3v) is 13.7. The lowest BCUT2D eigenvalue weighted by atomic mass is 9.80. The number of hydrogen-bond donors (Lipinski definition) is 0. The van der Waals surface area contributed by atoms with E-state index in [1.807, 2.05) is 42.5 Å². The molecule has 8 aromatic carbocycles. The Labute approximate surface area is 364 Å². The van der Waals surface area contributed by atoms with Crippen molar-refractivity contribution in [2.24, 2.45) is 0 Å². The van der Waals surface area contributed by atoms with Gasteiger partial charge in [0.2, 0.25) is 5.95 Å². The average molecular weight is 813 g/mol. The van der Waals surface area contributed by atoms with Crippen molar-refractivity contribution < 1.29 is 8.83 Å². The summed E-state index contributed by atoms with van der Waals surface area (Å²) in [5, 5.41) is 4.07. The zero-order valence-electron chi connectivity index (χ0n) is 35.3. The number of nitrogens with zero attached hydrogens (tertiary/aromatic N) is 4. The fraction of sp³-hybridized carbons (Fsp3) is 0.105. The molecule has 0 bridgehead atoms. The molecule has 11 aromatic rings. The second-order valence-corrected chi connectivity index (χ2v) is 18.0. The van der Waals surface area contributed by atoms with Crippen molar-refractivity contribution in [1.82, 2.24) is 15.0 Å². The van der Waals surface area contributed by atoms with Gasteiger partial charge in [-0.1, -0.05) is 143 Å². The number of rotatable bonds is 5. The maximum atomic E-state index is 6.53. The van der Waals surface area contributed by atoms with Crippen LogP contribution in [0.5, 0.6) is 0 Å². The van der Waals surface area contributed by atoms with Crippen molar-refractivity contribution >= 4 is 61.2 Å². The Morgan fingerprint density at radius 2 is 1.00 bits per heavy atom. The molecule has 0 N–H and O–H groups in total. The summed E-state index contributed by atoms with van der Waals surface area (Å²) < 4.78 is 12.8. The Bertz CT molecular complexity index is 3720. The van der Waals surface area contributed by atoms with Gasteiger partial charge < -0.3 is 8.83 Å². The highest BCUT2D eigenvalue weighted by atomic mass is 16.3. The molecule has 0 saturated carbocycles. The molecule has 0 saturated heterocycles. The van der Waals surface area contributed by atoms with Crippen LogP contribution < -0.4 is 4.90 Å². The van der Waals surface area contributed by atoms with E-state index in [-0.39, 0.29) is 10.8 Å². The van der Waals surface area contributed by atoms with Crippen LogP contribution in [0, 0.1) is 0 Å². The number of benzene rings is 8. The lowest BCUT2D eigenvalue weighted by molar-refractivity contribution is 0.660. The minimum atomic E-state index is -0.300. The van der Waals surface area contributed by atoms with Crippen LogP contribution in [-0.2, 0) is 10.8 Å². The lowest BCUT2D eigenvalue weighted by Gasteiger charge is -2.28. The van der Waals surface area contributed by atoms with E-state index in [0.717, 1.165) is 66.4 Å². The van der Waals surface area contributed by atoms with E-state index in [4.69, 9.17) is 23.8 Å². The fourth-order valence-electron chi connectivity index (χ4n) is 10.7. The minimum Gasteiger partial charge on any atom is -0.456 e. The molecule has 2 aliphatic rings.